The van der Waals surface area contributed by atoms with Crippen LogP contribution in [0.15, 0.2) is 59.9 Å². The lowest BCUT2D eigenvalue weighted by Gasteiger charge is -2.32. The highest BCUT2D eigenvalue weighted by Gasteiger charge is 2.38. The number of aromatic hydroxyl groups is 1. The molecule has 2 unspecified atom stereocenters. The lowest BCUT2D eigenvalue weighted by molar-refractivity contribution is -0.122. The number of ketones is 2. The van der Waals surface area contributed by atoms with Gasteiger partial charge in [-0.05, 0) is 91.6 Å². The number of hydrogen-bond acceptors (Lipinski definition) is 8. The van der Waals surface area contributed by atoms with Crippen molar-refractivity contribution in [2.75, 3.05) is 20.2 Å². The van der Waals surface area contributed by atoms with Crippen LogP contribution in [0.25, 0.3) is 16.9 Å². The third-order valence-electron chi connectivity index (χ3n) is 8.64. The molecule has 0 bridgehead atoms. The molecule has 1 heterocycles. The van der Waals surface area contributed by atoms with Crippen LogP contribution in [0.1, 0.15) is 48.8 Å². The number of phenolic OH excluding ortho intramolecular Hbond substituents is 1. The summed E-state index contributed by atoms with van der Waals surface area (Å²) in [6.45, 7) is 6.48. The summed E-state index contributed by atoms with van der Waals surface area (Å²) in [5.74, 6) is -3.18. The normalized spacial score (nSPS) is 20.9. The maximum atomic E-state index is 13.1. The number of carbonyl (C=O) groups excluding carboxylic acids is 3. The van der Waals surface area contributed by atoms with Gasteiger partial charge < -0.3 is 25.8 Å². The fourth-order valence-electron chi connectivity index (χ4n) is 6.75. The van der Waals surface area contributed by atoms with Crippen LogP contribution in [-0.2, 0) is 27.3 Å². The molecule has 1 saturated heterocycles. The molecule has 9 heteroatoms. The van der Waals surface area contributed by atoms with Gasteiger partial charge in [0.1, 0.15) is 28.6 Å². The standard InChI is InChI=1S/C33H36N2O7/c1-3-24(36)29-20(12-19-14-26(38)31(33(34)41)27(39)15-19)16-23-21(7-8-25(37)30(23)32(29)40)22-13-18(6-9-28(22)42-2)17-35-10-4-5-11-35/h3,6-9,13,19-20,37-38,40H,1,4-5,10-12,14-17H2,2H3,(H2,34,41). The number of amides is 1. The third-order valence-corrected chi connectivity index (χ3v) is 8.64. The zero-order valence-electron chi connectivity index (χ0n) is 23.7. The number of nitrogens with two attached hydrogens (primary N) is 1. The molecule has 2 aromatic carbocycles. The summed E-state index contributed by atoms with van der Waals surface area (Å²) in [6.07, 6.45) is 4.03. The number of aliphatic hydroxyl groups is 2. The SMILES string of the molecule is C=CC(=O)C1=C(O)c2c(O)ccc(-c3cc(CN4CCCC4)ccc3OC)c2CC1CC1CC(=O)C(C(N)=O)=C(O)C1. The van der Waals surface area contributed by atoms with Gasteiger partial charge in [0.25, 0.3) is 5.91 Å². The molecular weight excluding hydrogens is 536 g/mol. The second-order valence-corrected chi connectivity index (χ2v) is 11.4. The van der Waals surface area contributed by atoms with Gasteiger partial charge in [0.05, 0.1) is 12.7 Å². The maximum Gasteiger partial charge on any atom is 0.255 e. The molecule has 3 aliphatic rings. The van der Waals surface area contributed by atoms with Crippen molar-refractivity contribution >= 4 is 23.2 Å². The summed E-state index contributed by atoms with van der Waals surface area (Å²) in [5.41, 5.74) is 8.49. The predicted octanol–water partition coefficient (Wildman–Crippen LogP) is 4.53. The van der Waals surface area contributed by atoms with E-state index in [1.165, 1.54) is 18.9 Å². The molecule has 5 N–H and O–H groups in total. The van der Waals surface area contributed by atoms with E-state index in [4.69, 9.17) is 10.5 Å². The van der Waals surface area contributed by atoms with Crippen molar-refractivity contribution < 1.29 is 34.4 Å². The highest BCUT2D eigenvalue weighted by atomic mass is 16.5. The van der Waals surface area contributed by atoms with E-state index in [9.17, 15) is 29.7 Å². The maximum absolute atomic E-state index is 13.1. The van der Waals surface area contributed by atoms with E-state index in [2.05, 4.69) is 17.5 Å². The fourth-order valence-corrected chi connectivity index (χ4v) is 6.75. The van der Waals surface area contributed by atoms with E-state index in [1.807, 2.05) is 12.1 Å². The van der Waals surface area contributed by atoms with Crippen molar-refractivity contribution in [3.63, 3.8) is 0 Å². The van der Waals surface area contributed by atoms with Gasteiger partial charge in [-0.15, -0.1) is 0 Å². The summed E-state index contributed by atoms with van der Waals surface area (Å²) < 4.78 is 5.72. The van der Waals surface area contributed by atoms with Gasteiger partial charge in [-0.2, -0.15) is 0 Å². The third kappa shape index (κ3) is 5.44. The summed E-state index contributed by atoms with van der Waals surface area (Å²) in [5, 5.41) is 32.8. The average Bonchev–Trinajstić information content (AvgIpc) is 3.45. The van der Waals surface area contributed by atoms with Gasteiger partial charge in [-0.3, -0.25) is 19.3 Å². The van der Waals surface area contributed by atoms with Gasteiger partial charge in [0.15, 0.2) is 11.6 Å². The van der Waals surface area contributed by atoms with E-state index in [0.717, 1.165) is 42.4 Å². The number of Topliss-reactive ketones (excluding diaryl/α,β-unsaturated/α-hetero) is 1. The highest BCUT2D eigenvalue weighted by Crippen LogP contribution is 2.47. The van der Waals surface area contributed by atoms with Gasteiger partial charge in [-0.25, -0.2) is 0 Å². The van der Waals surface area contributed by atoms with Gasteiger partial charge in [0, 0.05) is 30.5 Å². The molecule has 0 spiro atoms. The van der Waals surface area contributed by atoms with Crippen molar-refractivity contribution in [1.29, 1.82) is 0 Å². The Kier molecular flexibility index (Phi) is 8.22. The number of fused-ring (bicyclic) bond motifs is 1. The largest absolute Gasteiger partial charge is 0.511 e. The molecule has 2 aliphatic carbocycles. The molecule has 1 fully saturated rings. The van der Waals surface area contributed by atoms with Gasteiger partial charge >= 0.3 is 0 Å². The number of benzene rings is 2. The van der Waals surface area contributed by atoms with Crippen molar-refractivity contribution in [2.24, 2.45) is 17.6 Å². The number of nitrogens with zero attached hydrogens (tertiary/aromatic N) is 1. The number of methoxy groups -OCH3 is 1. The molecule has 42 heavy (non-hydrogen) atoms. The van der Waals surface area contributed by atoms with Gasteiger partial charge in [-0.1, -0.05) is 18.7 Å². The number of ether oxygens (including phenoxy) is 1. The monoisotopic (exact) mass is 572 g/mol. The number of hydrogen-bond donors (Lipinski definition) is 4. The van der Waals surface area contributed by atoms with E-state index < -0.39 is 29.3 Å². The second kappa shape index (κ2) is 11.9. The Morgan fingerprint density at radius 3 is 2.45 bits per heavy atom. The first-order chi connectivity index (χ1) is 20.1. The molecule has 0 saturated carbocycles. The van der Waals surface area contributed by atoms with Crippen molar-refractivity contribution in [2.45, 2.75) is 45.1 Å². The van der Waals surface area contributed by atoms with Crippen LogP contribution >= 0.6 is 0 Å². The van der Waals surface area contributed by atoms with Crippen LogP contribution in [0.4, 0.5) is 0 Å². The molecule has 2 aromatic rings. The summed E-state index contributed by atoms with van der Waals surface area (Å²) >= 11 is 0. The predicted molar refractivity (Wildman–Crippen MR) is 158 cm³/mol. The Morgan fingerprint density at radius 1 is 1.07 bits per heavy atom. The Hall–Kier alpha value is -4.37. The minimum atomic E-state index is -0.969. The Bertz CT molecular complexity index is 1530. The van der Waals surface area contributed by atoms with Crippen molar-refractivity contribution in [3.05, 3.63) is 76.6 Å². The summed E-state index contributed by atoms with van der Waals surface area (Å²) in [6, 6.07) is 9.31. The topological polar surface area (TPSA) is 150 Å². The number of carbonyl (C=O) groups is 3. The minimum Gasteiger partial charge on any atom is -0.511 e. The summed E-state index contributed by atoms with van der Waals surface area (Å²) in [7, 11) is 1.59. The zero-order valence-corrected chi connectivity index (χ0v) is 23.7. The van der Waals surface area contributed by atoms with Crippen LogP contribution in [-0.4, -0.2) is 57.9 Å². The van der Waals surface area contributed by atoms with Crippen LogP contribution in [0.5, 0.6) is 11.5 Å². The van der Waals surface area contributed by atoms with Crippen molar-refractivity contribution in [1.82, 2.24) is 4.90 Å². The van der Waals surface area contributed by atoms with E-state index in [1.54, 1.807) is 13.2 Å². The van der Waals surface area contributed by atoms with Crippen molar-refractivity contribution in [3.8, 4) is 22.6 Å². The van der Waals surface area contributed by atoms with E-state index >= 15 is 0 Å². The highest BCUT2D eigenvalue weighted by molar-refractivity contribution is 6.19. The first-order valence-corrected chi connectivity index (χ1v) is 14.2. The molecule has 220 valence electrons. The zero-order chi connectivity index (χ0) is 30.1. The number of phenols is 1. The summed E-state index contributed by atoms with van der Waals surface area (Å²) in [4.78, 5) is 39.7. The molecule has 0 aromatic heterocycles. The van der Waals surface area contributed by atoms with Gasteiger partial charge in [0.2, 0.25) is 0 Å². The molecule has 1 amide bonds. The van der Waals surface area contributed by atoms with E-state index in [0.29, 0.717) is 11.3 Å². The van der Waals surface area contributed by atoms with Crippen LogP contribution < -0.4 is 10.5 Å². The molecule has 2 atom stereocenters. The number of primary amides is 1. The van der Waals surface area contributed by atoms with Crippen LogP contribution in [0.3, 0.4) is 0 Å². The van der Waals surface area contributed by atoms with Crippen LogP contribution in [0.2, 0.25) is 0 Å². The Morgan fingerprint density at radius 2 is 1.81 bits per heavy atom. The van der Waals surface area contributed by atoms with E-state index in [-0.39, 0.29) is 59.7 Å². The molecule has 9 nitrogen and oxygen atoms in total. The lowest BCUT2D eigenvalue weighted by Crippen LogP contribution is -2.31. The molecular formula is C33H36N2O7. The van der Waals surface area contributed by atoms with Crippen LogP contribution in [0, 0.1) is 11.8 Å². The average molecular weight is 573 g/mol. The first kappa shape index (κ1) is 29.1. The number of allylic oxidation sites excluding steroid dienone is 3. The Balaban J connectivity index is 1.58. The fraction of sp³-hybridized carbons (Fsp3) is 0.364. The lowest BCUT2D eigenvalue weighted by atomic mass is 9.72. The quantitative estimate of drug-likeness (QED) is 0.253. The number of likely N-dealkylation sites (tertiary alicyclic amines) is 1. The first-order valence-electron chi connectivity index (χ1n) is 14.2. The molecule has 1 aliphatic heterocycles. The molecule has 0 radical (unpaired) electrons. The minimum absolute atomic E-state index is 0.0265. The Labute approximate surface area is 244 Å². The number of rotatable bonds is 9. The second-order valence-electron chi connectivity index (χ2n) is 11.4. The molecule has 5 rings (SSSR count). The number of aliphatic hydroxyl groups excluding tert-OH is 2. The smallest absolute Gasteiger partial charge is 0.255 e.